The van der Waals surface area contributed by atoms with Crippen molar-refractivity contribution < 1.29 is 9.53 Å². The predicted octanol–water partition coefficient (Wildman–Crippen LogP) is 1.93. The summed E-state index contributed by atoms with van der Waals surface area (Å²) < 4.78 is 5.52. The van der Waals surface area contributed by atoms with Crippen molar-refractivity contribution in [3.8, 4) is 11.8 Å². The van der Waals surface area contributed by atoms with E-state index in [9.17, 15) is 4.79 Å². The summed E-state index contributed by atoms with van der Waals surface area (Å²) >= 11 is 0. The highest BCUT2D eigenvalue weighted by Gasteiger charge is 2.27. The Labute approximate surface area is 140 Å². The number of nitrogens with one attached hydrogen (secondary N) is 1. The van der Waals surface area contributed by atoms with Gasteiger partial charge in [0.1, 0.15) is 17.1 Å². The first-order valence-electron chi connectivity index (χ1n) is 7.89. The molecule has 3 rings (SSSR count). The molecule has 7 heteroatoms. The number of fused-ring (bicyclic) bond motifs is 1. The van der Waals surface area contributed by atoms with Gasteiger partial charge in [-0.15, -0.1) is 0 Å². The van der Waals surface area contributed by atoms with Gasteiger partial charge in [-0.05, 0) is 31.0 Å². The molecule has 1 N–H and O–H groups in total. The quantitative estimate of drug-likeness (QED) is 0.907. The van der Waals surface area contributed by atoms with E-state index in [4.69, 9.17) is 10.00 Å². The predicted molar refractivity (Wildman–Crippen MR) is 88.5 cm³/mol. The number of amides is 1. The Bertz CT molecular complexity index is 801. The van der Waals surface area contributed by atoms with E-state index in [1.54, 1.807) is 24.1 Å². The van der Waals surface area contributed by atoms with Gasteiger partial charge in [0, 0.05) is 32.0 Å². The highest BCUT2D eigenvalue weighted by Crippen LogP contribution is 2.25. The Kier molecular flexibility index (Phi) is 4.58. The van der Waals surface area contributed by atoms with Crippen molar-refractivity contribution in [2.75, 3.05) is 20.1 Å². The number of hydrogen-bond donors (Lipinski definition) is 1. The lowest BCUT2D eigenvalue weighted by molar-refractivity contribution is 0.129. The molecule has 0 unspecified atom stereocenters. The molecule has 0 radical (unpaired) electrons. The van der Waals surface area contributed by atoms with Gasteiger partial charge in [0.15, 0.2) is 5.75 Å². The molecular weight excluding hydrogens is 306 g/mol. The molecule has 7 nitrogen and oxygen atoms in total. The Morgan fingerprint density at radius 2 is 2.08 bits per heavy atom. The van der Waals surface area contributed by atoms with E-state index in [0.717, 1.165) is 19.5 Å². The van der Waals surface area contributed by atoms with Crippen LogP contribution in [0.4, 0.5) is 4.79 Å². The number of hydrogen-bond acceptors (Lipinski definition) is 6. The van der Waals surface area contributed by atoms with Crippen molar-refractivity contribution in [2.24, 2.45) is 5.92 Å². The fourth-order valence-corrected chi connectivity index (χ4v) is 2.94. The van der Waals surface area contributed by atoms with Crippen LogP contribution >= 0.6 is 0 Å². The lowest BCUT2D eigenvalue weighted by atomic mass is 9.97. The topological polar surface area (TPSA) is 91.1 Å². The van der Waals surface area contributed by atoms with Crippen LogP contribution in [-0.2, 0) is 0 Å². The van der Waals surface area contributed by atoms with Crippen molar-refractivity contribution in [1.82, 2.24) is 20.2 Å². The summed E-state index contributed by atoms with van der Waals surface area (Å²) in [6.45, 7) is 3.88. The molecule has 1 aromatic heterocycles. The van der Waals surface area contributed by atoms with Crippen molar-refractivity contribution >= 4 is 17.1 Å². The van der Waals surface area contributed by atoms with Crippen molar-refractivity contribution in [1.29, 1.82) is 5.26 Å². The minimum Gasteiger partial charge on any atom is -0.408 e. The van der Waals surface area contributed by atoms with E-state index in [0.29, 0.717) is 28.3 Å². The first-order chi connectivity index (χ1) is 11.6. The van der Waals surface area contributed by atoms with Gasteiger partial charge in [-0.3, -0.25) is 4.98 Å². The Morgan fingerprint density at radius 3 is 2.79 bits per heavy atom. The van der Waals surface area contributed by atoms with Crippen LogP contribution in [0.3, 0.4) is 0 Å². The lowest BCUT2D eigenvalue weighted by Crippen LogP contribution is -2.49. The minimum atomic E-state index is -0.437. The lowest BCUT2D eigenvalue weighted by Gasteiger charge is -2.33. The summed E-state index contributed by atoms with van der Waals surface area (Å²) in [6, 6.07) is 5.34. The number of nitriles is 1. The molecular formula is C17H19N5O2. The van der Waals surface area contributed by atoms with E-state index in [2.05, 4.69) is 28.3 Å². The first-order valence-corrected chi connectivity index (χ1v) is 7.89. The maximum absolute atomic E-state index is 12.5. The third kappa shape index (κ3) is 3.14. The summed E-state index contributed by atoms with van der Waals surface area (Å²) in [6.07, 6.45) is 3.52. The second-order valence-corrected chi connectivity index (χ2v) is 6.11. The van der Waals surface area contributed by atoms with Gasteiger partial charge in [0.05, 0.1) is 5.56 Å². The Morgan fingerprint density at radius 1 is 1.33 bits per heavy atom. The molecule has 1 saturated heterocycles. The fraction of sp³-hybridized carbons (Fsp3) is 0.412. The van der Waals surface area contributed by atoms with Gasteiger partial charge in [0.2, 0.25) is 0 Å². The van der Waals surface area contributed by atoms with Crippen LogP contribution < -0.4 is 10.1 Å². The van der Waals surface area contributed by atoms with Crippen LogP contribution in [0, 0.1) is 17.2 Å². The second kappa shape index (κ2) is 6.81. The summed E-state index contributed by atoms with van der Waals surface area (Å²) in [5.41, 5.74) is 1.24. The number of aromatic nitrogens is 2. The number of rotatable bonds is 2. The molecule has 24 heavy (non-hydrogen) atoms. The standard InChI is InChI=1S/C17H19N5O2/c1-11-7-13(10-19-9-11)22(2)17(23)24-14-4-3-12(8-18)15-16(14)21-6-5-20-15/h3-6,11,13,19H,7,9-10H2,1-2H3/t11-,13+/m0/s1. The molecule has 1 aliphatic heterocycles. The number of benzene rings is 1. The molecule has 1 fully saturated rings. The number of nitrogens with zero attached hydrogens (tertiary/aromatic N) is 4. The van der Waals surface area contributed by atoms with Crippen LogP contribution in [-0.4, -0.2) is 47.1 Å². The summed E-state index contributed by atoms with van der Waals surface area (Å²) in [7, 11) is 1.74. The average molecular weight is 325 g/mol. The molecule has 1 amide bonds. The summed E-state index contributed by atoms with van der Waals surface area (Å²) in [4.78, 5) is 22.5. The van der Waals surface area contributed by atoms with Gasteiger partial charge >= 0.3 is 6.09 Å². The fourth-order valence-electron chi connectivity index (χ4n) is 2.94. The third-order valence-corrected chi connectivity index (χ3v) is 4.29. The summed E-state index contributed by atoms with van der Waals surface area (Å²) in [5, 5.41) is 12.5. The zero-order valence-corrected chi connectivity index (χ0v) is 13.7. The Balaban J connectivity index is 1.82. The van der Waals surface area contributed by atoms with Gasteiger partial charge < -0.3 is 15.0 Å². The van der Waals surface area contributed by atoms with Gasteiger partial charge in [-0.2, -0.15) is 5.26 Å². The minimum absolute atomic E-state index is 0.0944. The van der Waals surface area contributed by atoms with E-state index in [1.165, 1.54) is 12.4 Å². The highest BCUT2D eigenvalue weighted by molar-refractivity contribution is 5.88. The maximum atomic E-state index is 12.5. The molecule has 0 saturated carbocycles. The van der Waals surface area contributed by atoms with Gasteiger partial charge in [0.25, 0.3) is 0 Å². The molecule has 124 valence electrons. The van der Waals surface area contributed by atoms with Crippen LogP contribution in [0.15, 0.2) is 24.5 Å². The van der Waals surface area contributed by atoms with Crippen LogP contribution in [0.2, 0.25) is 0 Å². The molecule has 2 aromatic rings. The average Bonchev–Trinajstić information content (AvgIpc) is 2.61. The largest absolute Gasteiger partial charge is 0.415 e. The maximum Gasteiger partial charge on any atom is 0.415 e. The number of piperidine rings is 1. The normalized spacial score (nSPS) is 20.4. The van der Waals surface area contributed by atoms with Gasteiger partial charge in [-0.25, -0.2) is 9.78 Å². The molecule has 2 atom stereocenters. The van der Waals surface area contributed by atoms with Crippen molar-refractivity contribution in [3.05, 3.63) is 30.1 Å². The number of carbonyl (C=O) groups is 1. The van der Waals surface area contributed by atoms with Crippen LogP contribution in [0.1, 0.15) is 18.9 Å². The van der Waals surface area contributed by atoms with Gasteiger partial charge in [-0.1, -0.05) is 6.92 Å². The Hall–Kier alpha value is -2.72. The van der Waals surface area contributed by atoms with E-state index < -0.39 is 6.09 Å². The van der Waals surface area contributed by atoms with Crippen molar-refractivity contribution in [2.45, 2.75) is 19.4 Å². The molecule has 0 bridgehead atoms. The van der Waals surface area contributed by atoms with E-state index in [1.807, 2.05) is 0 Å². The molecule has 0 spiro atoms. The monoisotopic (exact) mass is 325 g/mol. The number of likely N-dealkylation sites (N-methyl/N-ethyl adjacent to an activating group) is 1. The van der Waals surface area contributed by atoms with E-state index in [-0.39, 0.29) is 6.04 Å². The summed E-state index contributed by atoms with van der Waals surface area (Å²) in [5.74, 6) is 0.825. The van der Waals surface area contributed by atoms with Crippen LogP contribution in [0.5, 0.6) is 5.75 Å². The molecule has 1 aromatic carbocycles. The molecule has 1 aliphatic rings. The molecule has 2 heterocycles. The third-order valence-electron chi connectivity index (χ3n) is 4.29. The SMILES string of the molecule is C[C@@H]1CNC[C@H](N(C)C(=O)Oc2ccc(C#N)c3nccnc23)C1. The number of ether oxygens (including phenoxy) is 1. The second-order valence-electron chi connectivity index (χ2n) is 6.11. The zero-order valence-electron chi connectivity index (χ0n) is 13.7. The van der Waals surface area contributed by atoms with E-state index >= 15 is 0 Å². The van der Waals surface area contributed by atoms with Crippen LogP contribution in [0.25, 0.3) is 11.0 Å². The highest BCUT2D eigenvalue weighted by atomic mass is 16.6. The molecule has 0 aliphatic carbocycles. The smallest absolute Gasteiger partial charge is 0.408 e. The first kappa shape index (κ1) is 16.1. The number of carbonyl (C=O) groups excluding carboxylic acids is 1. The zero-order chi connectivity index (χ0) is 17.1. The van der Waals surface area contributed by atoms with Crippen molar-refractivity contribution in [3.63, 3.8) is 0 Å².